The zero-order valence-electron chi connectivity index (χ0n) is 7.66. The molecule has 0 aliphatic rings. The highest BCUT2D eigenvalue weighted by Crippen LogP contribution is 2.23. The second-order valence-electron chi connectivity index (χ2n) is 2.81. The number of hydrogen-bond acceptors (Lipinski definition) is 2. The Bertz CT molecular complexity index is 376. The average molecular weight is 194 g/mol. The van der Waals surface area contributed by atoms with E-state index in [1.54, 1.807) is 13.0 Å². The molecular weight excluding hydrogens is 185 g/mol. The van der Waals surface area contributed by atoms with E-state index in [1.807, 2.05) is 0 Å². The predicted octanol–water partition coefficient (Wildman–Crippen LogP) is 2.86. The van der Waals surface area contributed by atoms with E-state index in [4.69, 9.17) is 0 Å². The SMILES string of the molecule is C=C[C](C)c1ccc(F)c([N+](=O)[O-])c1. The summed E-state index contributed by atoms with van der Waals surface area (Å²) in [6.07, 6.45) is 1.57. The van der Waals surface area contributed by atoms with Crippen LogP contribution in [0.15, 0.2) is 30.9 Å². The second-order valence-corrected chi connectivity index (χ2v) is 2.81. The summed E-state index contributed by atoms with van der Waals surface area (Å²) >= 11 is 0. The van der Waals surface area contributed by atoms with E-state index in [1.165, 1.54) is 12.1 Å². The van der Waals surface area contributed by atoms with Crippen LogP contribution in [0.3, 0.4) is 0 Å². The van der Waals surface area contributed by atoms with Crippen molar-refractivity contribution in [1.29, 1.82) is 0 Å². The zero-order chi connectivity index (χ0) is 10.7. The average Bonchev–Trinajstić information content (AvgIpc) is 2.17. The third kappa shape index (κ3) is 1.96. The third-order valence-electron chi connectivity index (χ3n) is 1.90. The third-order valence-corrected chi connectivity index (χ3v) is 1.90. The number of rotatable bonds is 3. The zero-order valence-corrected chi connectivity index (χ0v) is 7.66. The van der Waals surface area contributed by atoms with Crippen LogP contribution in [-0.2, 0) is 0 Å². The summed E-state index contributed by atoms with van der Waals surface area (Å²) < 4.78 is 12.9. The fourth-order valence-corrected chi connectivity index (χ4v) is 1.02. The first-order chi connectivity index (χ1) is 6.56. The minimum Gasteiger partial charge on any atom is -0.258 e. The molecule has 1 radical (unpaired) electrons. The Morgan fingerprint density at radius 3 is 2.79 bits per heavy atom. The lowest BCUT2D eigenvalue weighted by Crippen LogP contribution is -1.96. The van der Waals surface area contributed by atoms with Gasteiger partial charge in [-0.05, 0) is 11.6 Å². The van der Waals surface area contributed by atoms with E-state index in [9.17, 15) is 14.5 Å². The van der Waals surface area contributed by atoms with E-state index in [0.29, 0.717) is 5.56 Å². The Hall–Kier alpha value is -1.71. The Kier molecular flexibility index (Phi) is 2.96. The van der Waals surface area contributed by atoms with Crippen molar-refractivity contribution in [1.82, 2.24) is 0 Å². The molecule has 0 fully saturated rings. The molecule has 1 aromatic carbocycles. The molecule has 0 amide bonds. The lowest BCUT2D eigenvalue weighted by Gasteiger charge is -2.04. The quantitative estimate of drug-likeness (QED) is 0.548. The molecule has 0 aliphatic carbocycles. The van der Waals surface area contributed by atoms with Crippen molar-refractivity contribution in [3.8, 4) is 0 Å². The molecule has 0 aliphatic heterocycles. The van der Waals surface area contributed by atoms with Crippen LogP contribution in [0.2, 0.25) is 0 Å². The van der Waals surface area contributed by atoms with Crippen LogP contribution in [0.25, 0.3) is 0 Å². The number of benzene rings is 1. The summed E-state index contributed by atoms with van der Waals surface area (Å²) in [4.78, 5) is 9.67. The summed E-state index contributed by atoms with van der Waals surface area (Å²) in [6.45, 7) is 5.29. The minimum absolute atomic E-state index is 0.510. The van der Waals surface area contributed by atoms with Gasteiger partial charge < -0.3 is 0 Å². The second kappa shape index (κ2) is 4.00. The number of nitro benzene ring substituents is 1. The van der Waals surface area contributed by atoms with Crippen molar-refractivity contribution >= 4 is 5.69 Å². The van der Waals surface area contributed by atoms with Crippen LogP contribution in [0.4, 0.5) is 10.1 Å². The number of nitrogens with zero attached hydrogens (tertiary/aromatic N) is 1. The maximum atomic E-state index is 12.9. The molecule has 0 aromatic heterocycles. The van der Waals surface area contributed by atoms with Gasteiger partial charge in [0.05, 0.1) is 4.92 Å². The van der Waals surface area contributed by atoms with Gasteiger partial charge in [-0.1, -0.05) is 19.1 Å². The predicted molar refractivity (Wildman–Crippen MR) is 51.3 cm³/mol. The lowest BCUT2D eigenvalue weighted by molar-refractivity contribution is -0.387. The van der Waals surface area contributed by atoms with Crippen molar-refractivity contribution in [2.75, 3.05) is 0 Å². The van der Waals surface area contributed by atoms with E-state index in [-0.39, 0.29) is 0 Å². The smallest absolute Gasteiger partial charge is 0.258 e. The molecule has 0 unspecified atom stereocenters. The highest BCUT2D eigenvalue weighted by atomic mass is 19.1. The van der Waals surface area contributed by atoms with Crippen molar-refractivity contribution in [3.05, 3.63) is 58.3 Å². The number of nitro groups is 1. The van der Waals surface area contributed by atoms with Crippen molar-refractivity contribution < 1.29 is 9.31 Å². The van der Waals surface area contributed by atoms with Gasteiger partial charge in [-0.2, -0.15) is 4.39 Å². The maximum Gasteiger partial charge on any atom is 0.305 e. The molecular formula is C10H9FNO2. The Balaban J connectivity index is 3.19. The molecule has 0 spiro atoms. The van der Waals surface area contributed by atoms with Crippen LogP contribution >= 0.6 is 0 Å². The molecule has 0 atom stereocenters. The van der Waals surface area contributed by atoms with Crippen LogP contribution in [-0.4, -0.2) is 4.92 Å². The summed E-state index contributed by atoms with van der Waals surface area (Å²) in [5, 5.41) is 10.4. The minimum atomic E-state index is -0.824. The van der Waals surface area contributed by atoms with Gasteiger partial charge in [0.1, 0.15) is 0 Å². The fourth-order valence-electron chi connectivity index (χ4n) is 1.02. The Labute approximate surface area is 81.0 Å². The maximum absolute atomic E-state index is 12.9. The fraction of sp³-hybridized carbons (Fsp3) is 0.100. The van der Waals surface area contributed by atoms with Gasteiger partial charge in [0, 0.05) is 12.0 Å². The van der Waals surface area contributed by atoms with Crippen molar-refractivity contribution in [3.63, 3.8) is 0 Å². The Morgan fingerprint density at radius 1 is 1.64 bits per heavy atom. The molecule has 1 aromatic rings. The Morgan fingerprint density at radius 2 is 2.29 bits per heavy atom. The highest BCUT2D eigenvalue weighted by molar-refractivity contribution is 5.44. The number of hydrogen-bond donors (Lipinski definition) is 0. The van der Waals surface area contributed by atoms with Gasteiger partial charge in [0.2, 0.25) is 5.82 Å². The number of halogens is 1. The van der Waals surface area contributed by atoms with Gasteiger partial charge in [-0.3, -0.25) is 10.1 Å². The molecule has 4 heteroatoms. The molecule has 0 bridgehead atoms. The highest BCUT2D eigenvalue weighted by Gasteiger charge is 2.15. The summed E-state index contributed by atoms with van der Waals surface area (Å²) in [5.74, 6) is -0.0521. The molecule has 1 rings (SSSR count). The lowest BCUT2D eigenvalue weighted by atomic mass is 10.0. The van der Waals surface area contributed by atoms with E-state index in [0.717, 1.165) is 12.0 Å². The van der Waals surface area contributed by atoms with E-state index < -0.39 is 16.4 Å². The van der Waals surface area contributed by atoms with Gasteiger partial charge in [-0.15, -0.1) is 6.58 Å². The van der Waals surface area contributed by atoms with Crippen LogP contribution in [0.1, 0.15) is 12.5 Å². The van der Waals surface area contributed by atoms with Crippen LogP contribution in [0.5, 0.6) is 0 Å². The summed E-state index contributed by atoms with van der Waals surface area (Å²) in [7, 11) is 0. The van der Waals surface area contributed by atoms with E-state index in [2.05, 4.69) is 6.58 Å². The first-order valence-electron chi connectivity index (χ1n) is 3.96. The first kappa shape index (κ1) is 10.4. The normalized spacial score (nSPS) is 10.2. The molecule has 0 N–H and O–H groups in total. The summed E-state index contributed by atoms with van der Waals surface area (Å²) in [5.41, 5.74) is 0.0943. The molecule has 0 heterocycles. The van der Waals surface area contributed by atoms with Crippen LogP contribution in [0, 0.1) is 21.8 Å². The number of allylic oxidation sites excluding steroid dienone is 1. The van der Waals surface area contributed by atoms with E-state index >= 15 is 0 Å². The monoisotopic (exact) mass is 194 g/mol. The van der Waals surface area contributed by atoms with Crippen LogP contribution < -0.4 is 0 Å². The molecule has 14 heavy (non-hydrogen) atoms. The standard InChI is InChI=1S/C10H9FNO2/c1-3-7(2)8-4-5-9(11)10(6-8)12(13)14/h3-6H,1H2,2H3. The molecule has 0 saturated carbocycles. The van der Waals surface area contributed by atoms with Crippen molar-refractivity contribution in [2.45, 2.75) is 6.92 Å². The largest absolute Gasteiger partial charge is 0.305 e. The molecule has 3 nitrogen and oxygen atoms in total. The van der Waals surface area contributed by atoms with Crippen molar-refractivity contribution in [2.24, 2.45) is 0 Å². The van der Waals surface area contributed by atoms with Gasteiger partial charge in [-0.25, -0.2) is 0 Å². The summed E-state index contributed by atoms with van der Waals surface area (Å²) in [6, 6.07) is 3.77. The van der Waals surface area contributed by atoms with Gasteiger partial charge in [0.25, 0.3) is 0 Å². The van der Waals surface area contributed by atoms with Gasteiger partial charge >= 0.3 is 5.69 Å². The molecule has 0 saturated heterocycles. The molecule has 73 valence electrons. The van der Waals surface area contributed by atoms with Gasteiger partial charge in [0.15, 0.2) is 0 Å². The first-order valence-corrected chi connectivity index (χ1v) is 3.96. The topological polar surface area (TPSA) is 43.1 Å².